The van der Waals surface area contributed by atoms with Crippen molar-refractivity contribution in [3.05, 3.63) is 87.1 Å². The summed E-state index contributed by atoms with van der Waals surface area (Å²) in [5.41, 5.74) is 1.85. The van der Waals surface area contributed by atoms with Crippen molar-refractivity contribution in [1.82, 2.24) is 5.32 Å². The van der Waals surface area contributed by atoms with E-state index < -0.39 is 23.7 Å². The Bertz CT molecular complexity index is 1120. The van der Waals surface area contributed by atoms with E-state index in [1.54, 1.807) is 30.3 Å². The number of carbonyl (C=O) groups excluding carboxylic acids is 2. The lowest BCUT2D eigenvalue weighted by atomic mass is 10.0. The molecular weight excluding hydrogens is 489 g/mol. The lowest BCUT2D eigenvalue weighted by Crippen LogP contribution is -2.30. The number of esters is 1. The van der Waals surface area contributed by atoms with E-state index in [1.165, 1.54) is 37.4 Å². The Morgan fingerprint density at radius 1 is 1.10 bits per heavy atom. The summed E-state index contributed by atoms with van der Waals surface area (Å²) >= 11 is 9.21. The Morgan fingerprint density at radius 2 is 1.74 bits per heavy atom. The first-order chi connectivity index (χ1) is 14.8. The Morgan fingerprint density at radius 3 is 2.39 bits per heavy atom. The number of phenolic OH excluding ortho intramolecular Hbond substituents is 1. The maximum atomic E-state index is 13.5. The van der Waals surface area contributed by atoms with Crippen molar-refractivity contribution >= 4 is 39.4 Å². The van der Waals surface area contributed by atoms with Crippen LogP contribution < -0.4 is 5.32 Å². The van der Waals surface area contributed by atoms with Crippen molar-refractivity contribution in [2.75, 3.05) is 7.11 Å². The van der Waals surface area contributed by atoms with Crippen molar-refractivity contribution in [3.8, 4) is 16.9 Å². The fraction of sp³-hybridized carbons (Fsp3) is 0.130. The number of halogens is 3. The first-order valence-electron chi connectivity index (χ1n) is 9.20. The van der Waals surface area contributed by atoms with Crippen LogP contribution >= 0.6 is 27.5 Å². The van der Waals surface area contributed by atoms with Gasteiger partial charge >= 0.3 is 5.97 Å². The molecule has 0 aromatic heterocycles. The van der Waals surface area contributed by atoms with Crippen LogP contribution in [0.25, 0.3) is 11.1 Å². The van der Waals surface area contributed by atoms with Gasteiger partial charge in [-0.3, -0.25) is 9.59 Å². The van der Waals surface area contributed by atoms with E-state index >= 15 is 0 Å². The zero-order valence-electron chi connectivity index (χ0n) is 16.4. The fourth-order valence-electron chi connectivity index (χ4n) is 3.01. The molecule has 5 nitrogen and oxygen atoms in total. The molecule has 0 spiro atoms. The van der Waals surface area contributed by atoms with Gasteiger partial charge in [0.05, 0.1) is 30.2 Å². The molecule has 3 aromatic carbocycles. The van der Waals surface area contributed by atoms with Crippen molar-refractivity contribution < 1.29 is 23.8 Å². The molecule has 1 amide bonds. The number of phenols is 1. The Kier molecular flexibility index (Phi) is 7.30. The minimum atomic E-state index is -0.670. The summed E-state index contributed by atoms with van der Waals surface area (Å²) in [4.78, 5) is 24.8. The van der Waals surface area contributed by atoms with E-state index in [-0.39, 0.29) is 22.8 Å². The van der Waals surface area contributed by atoms with Gasteiger partial charge < -0.3 is 15.2 Å². The highest BCUT2D eigenvalue weighted by molar-refractivity contribution is 9.10. The number of hydrogen-bond acceptors (Lipinski definition) is 4. The standard InChI is InChI=1S/C23H18BrClFNO4/c1-31-22(29)12-20(13-2-6-16(24)7-3-13)27-23(30)17-10-14(5-9-21(17)28)15-4-8-19(26)18(25)11-15/h2-11,20,28H,12H2,1H3,(H,27,30). The van der Waals surface area contributed by atoms with Crippen LogP contribution in [0.5, 0.6) is 5.75 Å². The molecule has 0 fully saturated rings. The highest BCUT2D eigenvalue weighted by Gasteiger charge is 2.22. The van der Waals surface area contributed by atoms with Gasteiger partial charge in [0.15, 0.2) is 0 Å². The van der Waals surface area contributed by atoms with Gasteiger partial charge in [0.1, 0.15) is 11.6 Å². The summed E-state index contributed by atoms with van der Waals surface area (Å²) in [7, 11) is 1.27. The van der Waals surface area contributed by atoms with Gasteiger partial charge in [-0.25, -0.2) is 4.39 Å². The van der Waals surface area contributed by atoms with Crippen molar-refractivity contribution in [1.29, 1.82) is 0 Å². The van der Waals surface area contributed by atoms with Gasteiger partial charge in [-0.15, -0.1) is 0 Å². The van der Waals surface area contributed by atoms with Crippen LogP contribution in [0.3, 0.4) is 0 Å². The molecule has 8 heteroatoms. The van der Waals surface area contributed by atoms with E-state index in [1.807, 2.05) is 0 Å². The topological polar surface area (TPSA) is 75.6 Å². The second-order valence-electron chi connectivity index (χ2n) is 6.72. The third kappa shape index (κ3) is 5.62. The lowest BCUT2D eigenvalue weighted by Gasteiger charge is -2.19. The number of aromatic hydroxyl groups is 1. The third-order valence-electron chi connectivity index (χ3n) is 4.67. The summed E-state index contributed by atoms with van der Waals surface area (Å²) in [6, 6.07) is 15.1. The molecule has 1 atom stereocenters. The molecule has 160 valence electrons. The molecule has 0 aliphatic rings. The van der Waals surface area contributed by atoms with Gasteiger partial charge in [0.2, 0.25) is 0 Å². The van der Waals surface area contributed by atoms with E-state index in [9.17, 15) is 19.1 Å². The Hall–Kier alpha value is -2.90. The first-order valence-corrected chi connectivity index (χ1v) is 10.4. The Labute approximate surface area is 191 Å². The number of nitrogens with one attached hydrogen (secondary N) is 1. The van der Waals surface area contributed by atoms with Crippen LogP contribution in [0.4, 0.5) is 4.39 Å². The van der Waals surface area contributed by atoms with Crippen molar-refractivity contribution in [2.24, 2.45) is 0 Å². The molecule has 2 N–H and O–H groups in total. The summed E-state index contributed by atoms with van der Waals surface area (Å²) in [6.07, 6.45) is -0.0854. The Balaban J connectivity index is 1.91. The number of carbonyl (C=O) groups is 2. The molecule has 0 bridgehead atoms. The van der Waals surface area contributed by atoms with E-state index in [2.05, 4.69) is 21.2 Å². The minimum Gasteiger partial charge on any atom is -0.507 e. The van der Waals surface area contributed by atoms with Gasteiger partial charge in [-0.05, 0) is 53.1 Å². The maximum Gasteiger partial charge on any atom is 0.307 e. The monoisotopic (exact) mass is 505 g/mol. The molecular formula is C23H18BrClFNO4. The van der Waals surface area contributed by atoms with Gasteiger partial charge in [0.25, 0.3) is 5.91 Å². The zero-order chi connectivity index (χ0) is 22.5. The molecule has 3 rings (SSSR count). The normalized spacial score (nSPS) is 11.6. The molecule has 0 heterocycles. The molecule has 31 heavy (non-hydrogen) atoms. The number of benzene rings is 3. The van der Waals surface area contributed by atoms with Crippen LogP contribution in [0, 0.1) is 5.82 Å². The first kappa shape index (κ1) is 22.8. The van der Waals surface area contributed by atoms with E-state index in [0.29, 0.717) is 16.7 Å². The van der Waals surface area contributed by atoms with Crippen LogP contribution in [0.2, 0.25) is 5.02 Å². The van der Waals surface area contributed by atoms with Gasteiger partial charge in [-0.2, -0.15) is 0 Å². The average Bonchev–Trinajstić information content (AvgIpc) is 2.76. The summed E-state index contributed by atoms with van der Waals surface area (Å²) in [5, 5.41) is 13.0. The van der Waals surface area contributed by atoms with Crippen LogP contribution in [0.15, 0.2) is 65.1 Å². The number of amides is 1. The predicted molar refractivity (Wildman–Crippen MR) is 119 cm³/mol. The maximum absolute atomic E-state index is 13.5. The zero-order valence-corrected chi connectivity index (χ0v) is 18.7. The largest absolute Gasteiger partial charge is 0.507 e. The molecule has 3 aromatic rings. The summed E-state index contributed by atoms with van der Waals surface area (Å²) in [5.74, 6) is -1.86. The molecule has 0 aliphatic heterocycles. The van der Waals surface area contributed by atoms with Crippen LogP contribution in [-0.4, -0.2) is 24.1 Å². The van der Waals surface area contributed by atoms with Crippen LogP contribution in [0.1, 0.15) is 28.4 Å². The SMILES string of the molecule is COC(=O)CC(NC(=O)c1cc(-c2ccc(F)c(Cl)c2)ccc1O)c1ccc(Br)cc1. The highest BCUT2D eigenvalue weighted by Crippen LogP contribution is 2.29. The van der Waals surface area contributed by atoms with Crippen LogP contribution in [-0.2, 0) is 9.53 Å². The minimum absolute atomic E-state index is 0.00456. The summed E-state index contributed by atoms with van der Waals surface area (Å²) < 4.78 is 19.1. The smallest absolute Gasteiger partial charge is 0.307 e. The number of hydrogen-bond donors (Lipinski definition) is 2. The lowest BCUT2D eigenvalue weighted by molar-refractivity contribution is -0.141. The van der Waals surface area contributed by atoms with Crippen molar-refractivity contribution in [2.45, 2.75) is 12.5 Å². The number of ether oxygens (including phenoxy) is 1. The molecule has 1 unspecified atom stereocenters. The quantitative estimate of drug-likeness (QED) is 0.424. The van der Waals surface area contributed by atoms with Crippen molar-refractivity contribution in [3.63, 3.8) is 0 Å². The van der Waals surface area contributed by atoms with Gasteiger partial charge in [0, 0.05) is 4.47 Å². The third-order valence-corrected chi connectivity index (χ3v) is 5.49. The average molecular weight is 507 g/mol. The second-order valence-corrected chi connectivity index (χ2v) is 8.04. The molecule has 0 saturated carbocycles. The molecule has 0 radical (unpaired) electrons. The predicted octanol–water partition coefficient (Wildman–Crippen LogP) is 5.65. The fourth-order valence-corrected chi connectivity index (χ4v) is 3.45. The summed E-state index contributed by atoms with van der Waals surface area (Å²) in [6.45, 7) is 0. The van der Waals surface area contributed by atoms with E-state index in [4.69, 9.17) is 16.3 Å². The number of methoxy groups -OCH3 is 1. The second kappa shape index (κ2) is 9.94. The number of rotatable bonds is 6. The van der Waals surface area contributed by atoms with E-state index in [0.717, 1.165) is 4.47 Å². The van der Waals surface area contributed by atoms with Gasteiger partial charge in [-0.1, -0.05) is 51.8 Å². The molecule has 0 aliphatic carbocycles. The molecule has 0 saturated heterocycles. The highest BCUT2D eigenvalue weighted by atomic mass is 79.9.